The molecule has 0 aromatic carbocycles. The van der Waals surface area contributed by atoms with Gasteiger partial charge in [-0.1, -0.05) is 19.1 Å². The van der Waals surface area contributed by atoms with E-state index in [1.807, 2.05) is 0 Å². The van der Waals surface area contributed by atoms with Gasteiger partial charge in [-0.3, -0.25) is 9.55 Å². The molecule has 2 heterocycles. The van der Waals surface area contributed by atoms with Crippen LogP contribution in [-0.2, 0) is 4.74 Å². The van der Waals surface area contributed by atoms with Crippen LogP contribution in [0.2, 0.25) is 0 Å². The van der Waals surface area contributed by atoms with E-state index in [9.17, 15) is 14.3 Å². The monoisotopic (exact) mass is 276 g/mol. The summed E-state index contributed by atoms with van der Waals surface area (Å²) in [5.74, 6) is -1.20. The van der Waals surface area contributed by atoms with Crippen molar-refractivity contribution in [3.63, 3.8) is 0 Å². The lowest BCUT2D eigenvalue weighted by molar-refractivity contribution is -0.0479. The highest BCUT2D eigenvalue weighted by Crippen LogP contribution is 2.33. The third kappa shape index (κ3) is 2.12. The minimum absolute atomic E-state index is 0.277. The largest absolute Gasteiger partial charge is 0.394 e. The van der Waals surface area contributed by atoms with Crippen LogP contribution in [0.3, 0.4) is 0 Å². The Labute approximate surface area is 107 Å². The summed E-state index contributed by atoms with van der Waals surface area (Å²) < 4.78 is 19.4. The molecule has 0 saturated carbocycles. The topological polar surface area (TPSA) is 87.5 Å². The predicted octanol–water partition coefficient (Wildman–Crippen LogP) is -0.0683. The van der Waals surface area contributed by atoms with E-state index < -0.39 is 35.9 Å². The van der Waals surface area contributed by atoms with Crippen molar-refractivity contribution in [2.75, 3.05) is 6.61 Å². The van der Waals surface area contributed by atoms with Crippen molar-refractivity contribution >= 4 is 12.2 Å². The second-order valence-corrected chi connectivity index (χ2v) is 4.65. The van der Waals surface area contributed by atoms with Crippen LogP contribution in [0.4, 0.5) is 4.39 Å². The number of H-pyrrole nitrogens is 1. The zero-order chi connectivity index (χ0) is 13.4. The Morgan fingerprint density at radius 2 is 2.33 bits per heavy atom. The van der Waals surface area contributed by atoms with Crippen LogP contribution in [0.5, 0.6) is 0 Å². The van der Waals surface area contributed by atoms with E-state index in [2.05, 4.69) is 17.2 Å². The minimum atomic E-state index is -0.918. The van der Waals surface area contributed by atoms with Crippen molar-refractivity contribution in [2.24, 2.45) is 5.92 Å². The molecule has 4 unspecified atom stereocenters. The average molecular weight is 276 g/mol. The van der Waals surface area contributed by atoms with Gasteiger partial charge in [0.2, 0.25) is 0 Å². The van der Waals surface area contributed by atoms with Gasteiger partial charge in [-0.25, -0.2) is 9.18 Å². The lowest BCUT2D eigenvalue weighted by Gasteiger charge is -2.17. The molecular formula is C10H13FN2O4S. The number of hydrogen-bond donors (Lipinski definition) is 3. The summed E-state index contributed by atoms with van der Waals surface area (Å²) in [6.45, 7) is 1.28. The van der Waals surface area contributed by atoms with Gasteiger partial charge in [0.05, 0.1) is 18.9 Å². The number of nitrogens with one attached hydrogen (secondary N) is 1. The third-order valence-electron chi connectivity index (χ3n) is 3.06. The summed E-state index contributed by atoms with van der Waals surface area (Å²) in [5, 5.41) is 18.8. The van der Waals surface area contributed by atoms with Crippen LogP contribution in [0, 0.1) is 16.4 Å². The second kappa shape index (κ2) is 4.88. The average Bonchev–Trinajstić information content (AvgIpc) is 2.61. The number of aromatic nitrogens is 2. The molecule has 4 atom stereocenters. The van der Waals surface area contributed by atoms with E-state index in [4.69, 9.17) is 9.84 Å². The van der Waals surface area contributed by atoms with Gasteiger partial charge in [-0.2, -0.15) is 0 Å². The van der Waals surface area contributed by atoms with Crippen LogP contribution in [0.1, 0.15) is 13.2 Å². The van der Waals surface area contributed by atoms with Crippen LogP contribution >= 0.6 is 12.2 Å². The van der Waals surface area contributed by atoms with Gasteiger partial charge >= 0.3 is 5.69 Å². The fraction of sp³-hybridized carbons (Fsp3) is 0.600. The summed E-state index contributed by atoms with van der Waals surface area (Å²) in [4.78, 5) is 13.9. The number of rotatable bonds is 2. The number of aliphatic hydroxyl groups excluding tert-OH is 2. The zero-order valence-corrected chi connectivity index (χ0v) is 10.4. The number of halogens is 1. The van der Waals surface area contributed by atoms with Crippen molar-refractivity contribution in [1.82, 2.24) is 9.55 Å². The summed E-state index contributed by atoms with van der Waals surface area (Å²) in [6.07, 6.45) is -1.61. The summed E-state index contributed by atoms with van der Waals surface area (Å²) >= 11 is 4.60. The summed E-state index contributed by atoms with van der Waals surface area (Å²) in [5.41, 5.74) is -0.621. The Kier molecular flexibility index (Phi) is 3.62. The van der Waals surface area contributed by atoms with Crippen molar-refractivity contribution < 1.29 is 19.3 Å². The van der Waals surface area contributed by atoms with Crippen LogP contribution in [-0.4, -0.2) is 38.6 Å². The molecule has 0 bridgehead atoms. The van der Waals surface area contributed by atoms with E-state index >= 15 is 0 Å². The van der Waals surface area contributed by atoms with Gasteiger partial charge in [0.15, 0.2) is 5.82 Å². The van der Waals surface area contributed by atoms with E-state index in [1.54, 1.807) is 6.92 Å². The first kappa shape index (κ1) is 13.3. The quantitative estimate of drug-likeness (QED) is 0.658. The molecule has 0 aliphatic carbocycles. The Bertz CT molecular complexity index is 558. The lowest BCUT2D eigenvalue weighted by Crippen LogP contribution is -2.31. The minimum Gasteiger partial charge on any atom is -0.394 e. The van der Waals surface area contributed by atoms with E-state index in [1.165, 1.54) is 0 Å². The molecule has 8 heteroatoms. The molecule has 0 radical (unpaired) electrons. The molecule has 0 amide bonds. The fourth-order valence-electron chi connectivity index (χ4n) is 2.01. The summed E-state index contributed by atoms with van der Waals surface area (Å²) in [7, 11) is 0. The molecule has 0 spiro atoms. The van der Waals surface area contributed by atoms with Gasteiger partial charge in [0.1, 0.15) is 17.0 Å². The highest BCUT2D eigenvalue weighted by molar-refractivity contribution is 7.71. The van der Waals surface area contributed by atoms with Gasteiger partial charge in [0.25, 0.3) is 0 Å². The molecule has 1 saturated heterocycles. The van der Waals surface area contributed by atoms with Gasteiger partial charge < -0.3 is 14.9 Å². The molecule has 1 aromatic rings. The molecule has 1 aliphatic heterocycles. The molecule has 3 N–H and O–H groups in total. The Hall–Kier alpha value is -1.09. The van der Waals surface area contributed by atoms with E-state index in [0.717, 1.165) is 10.8 Å². The summed E-state index contributed by atoms with van der Waals surface area (Å²) in [6, 6.07) is 0. The normalized spacial score (nSPS) is 31.8. The van der Waals surface area contributed by atoms with Crippen LogP contribution in [0.15, 0.2) is 11.0 Å². The van der Waals surface area contributed by atoms with Crippen molar-refractivity contribution in [3.8, 4) is 0 Å². The van der Waals surface area contributed by atoms with Crippen molar-refractivity contribution in [3.05, 3.63) is 27.1 Å². The van der Waals surface area contributed by atoms with Crippen LogP contribution < -0.4 is 5.69 Å². The number of ether oxygens (including phenoxy) is 1. The molecular weight excluding hydrogens is 263 g/mol. The third-order valence-corrected chi connectivity index (χ3v) is 3.36. The first-order valence-electron chi connectivity index (χ1n) is 5.41. The van der Waals surface area contributed by atoms with Crippen molar-refractivity contribution in [1.29, 1.82) is 0 Å². The smallest absolute Gasteiger partial charge is 0.328 e. The first-order valence-corrected chi connectivity index (χ1v) is 5.82. The van der Waals surface area contributed by atoms with Gasteiger partial charge in [-0.05, 0) is 0 Å². The Balaban J connectivity index is 2.42. The first-order chi connectivity index (χ1) is 8.45. The number of aromatic amines is 1. The van der Waals surface area contributed by atoms with E-state index in [-0.39, 0.29) is 11.2 Å². The molecule has 2 rings (SSSR count). The van der Waals surface area contributed by atoms with Crippen LogP contribution in [0.25, 0.3) is 0 Å². The molecule has 1 aliphatic rings. The standard InChI is InChI=1S/C10H13FN2O4S/c1-4-7(15)6(3-14)17-9(4)13-2-5(11)8(18)12-10(13)16/h2,4,6-7,9,14-15H,3H2,1H3,(H,12,16,18). The molecule has 1 fully saturated rings. The highest BCUT2D eigenvalue weighted by atomic mass is 32.1. The number of aliphatic hydroxyl groups is 2. The van der Waals surface area contributed by atoms with E-state index in [0.29, 0.717) is 0 Å². The molecule has 18 heavy (non-hydrogen) atoms. The predicted molar refractivity (Wildman–Crippen MR) is 62.0 cm³/mol. The second-order valence-electron chi connectivity index (χ2n) is 4.24. The Morgan fingerprint density at radius 1 is 1.67 bits per heavy atom. The molecule has 6 nitrogen and oxygen atoms in total. The number of nitrogens with zero attached hydrogens (tertiary/aromatic N) is 1. The van der Waals surface area contributed by atoms with Crippen molar-refractivity contribution in [2.45, 2.75) is 25.4 Å². The SMILES string of the molecule is CC1C(O)C(CO)OC1n1cc(F)c(=S)[nH]c1=O. The maximum absolute atomic E-state index is 13.4. The van der Waals surface area contributed by atoms with Gasteiger partial charge in [-0.15, -0.1) is 0 Å². The zero-order valence-electron chi connectivity index (χ0n) is 9.54. The maximum Gasteiger partial charge on any atom is 0.328 e. The number of hydrogen-bond acceptors (Lipinski definition) is 5. The highest BCUT2D eigenvalue weighted by Gasteiger charge is 2.41. The molecule has 1 aromatic heterocycles. The lowest BCUT2D eigenvalue weighted by atomic mass is 10.0. The Morgan fingerprint density at radius 3 is 2.89 bits per heavy atom. The maximum atomic E-state index is 13.4. The van der Waals surface area contributed by atoms with Gasteiger partial charge in [0, 0.05) is 5.92 Å². The fourth-order valence-corrected chi connectivity index (χ4v) is 2.15. The molecule has 100 valence electrons.